The van der Waals surface area contributed by atoms with Crippen LogP contribution in [0.4, 0.5) is 5.82 Å². The predicted molar refractivity (Wildman–Crippen MR) is 65.0 cm³/mol. The fraction of sp³-hybridized carbons (Fsp3) is 0.273. The molecule has 0 atom stereocenters. The zero-order valence-corrected chi connectivity index (χ0v) is 10.0. The van der Waals surface area contributed by atoms with Crippen molar-refractivity contribution in [2.24, 2.45) is 0 Å². The summed E-state index contributed by atoms with van der Waals surface area (Å²) >= 11 is 1.67. The third-order valence-electron chi connectivity index (χ3n) is 2.21. The van der Waals surface area contributed by atoms with Crippen LogP contribution in [0.25, 0.3) is 0 Å². The molecule has 4 nitrogen and oxygen atoms in total. The highest BCUT2D eigenvalue weighted by atomic mass is 32.1. The Hall–Kier alpha value is -1.62. The van der Waals surface area contributed by atoms with Gasteiger partial charge in [0.15, 0.2) is 0 Å². The number of thiophene rings is 1. The van der Waals surface area contributed by atoms with Gasteiger partial charge in [-0.2, -0.15) is 0 Å². The highest BCUT2D eigenvalue weighted by molar-refractivity contribution is 7.09. The SMILES string of the molecule is CNc1ncnc(OCc2cccs2)c1C. The first kappa shape index (κ1) is 10.9. The minimum atomic E-state index is 0.554. The first-order chi connectivity index (χ1) is 7.81. The molecule has 16 heavy (non-hydrogen) atoms. The Morgan fingerprint density at radius 2 is 2.31 bits per heavy atom. The normalized spacial score (nSPS) is 10.1. The van der Waals surface area contributed by atoms with E-state index >= 15 is 0 Å². The van der Waals surface area contributed by atoms with E-state index in [1.54, 1.807) is 11.3 Å². The molecular weight excluding hydrogens is 222 g/mol. The predicted octanol–water partition coefficient (Wildman–Crippen LogP) is 2.47. The van der Waals surface area contributed by atoms with Gasteiger partial charge >= 0.3 is 0 Å². The summed E-state index contributed by atoms with van der Waals surface area (Å²) in [7, 11) is 1.83. The summed E-state index contributed by atoms with van der Waals surface area (Å²) in [6.45, 7) is 2.49. The molecule has 0 bridgehead atoms. The number of hydrogen-bond donors (Lipinski definition) is 1. The Balaban J connectivity index is 2.09. The second-order valence-electron chi connectivity index (χ2n) is 3.27. The molecule has 0 aliphatic carbocycles. The van der Waals surface area contributed by atoms with E-state index in [-0.39, 0.29) is 0 Å². The van der Waals surface area contributed by atoms with Crippen LogP contribution in [0, 0.1) is 6.92 Å². The van der Waals surface area contributed by atoms with Crippen molar-refractivity contribution in [2.75, 3.05) is 12.4 Å². The maximum Gasteiger partial charge on any atom is 0.221 e. The third kappa shape index (κ3) is 2.30. The van der Waals surface area contributed by atoms with Crippen molar-refractivity contribution in [3.63, 3.8) is 0 Å². The highest BCUT2D eigenvalue weighted by Gasteiger charge is 2.06. The molecule has 5 heteroatoms. The molecule has 84 valence electrons. The van der Waals surface area contributed by atoms with Crippen LogP contribution < -0.4 is 10.1 Å². The average molecular weight is 235 g/mol. The first-order valence-corrected chi connectivity index (χ1v) is 5.83. The largest absolute Gasteiger partial charge is 0.472 e. The van der Waals surface area contributed by atoms with Gasteiger partial charge in [0.05, 0.1) is 5.56 Å². The minimum Gasteiger partial charge on any atom is -0.472 e. The van der Waals surface area contributed by atoms with E-state index in [1.807, 2.05) is 31.5 Å². The highest BCUT2D eigenvalue weighted by Crippen LogP contribution is 2.21. The van der Waals surface area contributed by atoms with Gasteiger partial charge in [-0.05, 0) is 18.4 Å². The number of rotatable bonds is 4. The van der Waals surface area contributed by atoms with Crippen LogP contribution in [0.2, 0.25) is 0 Å². The maximum atomic E-state index is 5.64. The molecule has 1 N–H and O–H groups in total. The van der Waals surface area contributed by atoms with E-state index in [2.05, 4.69) is 15.3 Å². The molecule has 2 rings (SSSR count). The summed E-state index contributed by atoms with van der Waals surface area (Å²) in [6.07, 6.45) is 1.50. The Kier molecular flexibility index (Phi) is 3.36. The molecule has 2 aromatic heterocycles. The van der Waals surface area contributed by atoms with Gasteiger partial charge in [0.2, 0.25) is 5.88 Å². The van der Waals surface area contributed by atoms with Gasteiger partial charge < -0.3 is 10.1 Å². The maximum absolute atomic E-state index is 5.64. The van der Waals surface area contributed by atoms with Crippen LogP contribution >= 0.6 is 11.3 Å². The molecule has 0 spiro atoms. The Morgan fingerprint density at radius 3 is 3.00 bits per heavy atom. The quantitative estimate of drug-likeness (QED) is 0.884. The molecular formula is C11H13N3OS. The van der Waals surface area contributed by atoms with Gasteiger partial charge in [-0.3, -0.25) is 0 Å². The second kappa shape index (κ2) is 4.94. The van der Waals surface area contributed by atoms with E-state index in [1.165, 1.54) is 11.2 Å². The van der Waals surface area contributed by atoms with Crippen LogP contribution in [0.5, 0.6) is 5.88 Å². The molecule has 2 heterocycles. The Labute approximate surface area is 98.3 Å². The number of ether oxygens (including phenoxy) is 1. The first-order valence-electron chi connectivity index (χ1n) is 4.96. The molecule has 2 aromatic rings. The molecule has 0 aliphatic heterocycles. The Morgan fingerprint density at radius 1 is 1.44 bits per heavy atom. The van der Waals surface area contributed by atoms with Gasteiger partial charge in [-0.15, -0.1) is 11.3 Å². The second-order valence-corrected chi connectivity index (χ2v) is 4.30. The monoisotopic (exact) mass is 235 g/mol. The van der Waals surface area contributed by atoms with Gasteiger partial charge in [0.1, 0.15) is 18.8 Å². The van der Waals surface area contributed by atoms with Crippen molar-refractivity contribution < 1.29 is 4.74 Å². The zero-order chi connectivity index (χ0) is 11.4. The molecule has 0 aromatic carbocycles. The topological polar surface area (TPSA) is 47.0 Å². The standard InChI is InChI=1S/C11H13N3OS/c1-8-10(12-2)13-7-14-11(8)15-6-9-4-3-5-16-9/h3-5,7H,6H2,1-2H3,(H,12,13,14). The summed E-state index contributed by atoms with van der Waals surface area (Å²) in [5, 5.41) is 5.03. The Bertz CT molecular complexity index is 456. The average Bonchev–Trinajstić information content (AvgIpc) is 2.81. The number of nitrogens with one attached hydrogen (secondary N) is 1. The van der Waals surface area contributed by atoms with Crippen molar-refractivity contribution in [1.82, 2.24) is 9.97 Å². The van der Waals surface area contributed by atoms with Crippen molar-refractivity contribution in [3.8, 4) is 5.88 Å². The van der Waals surface area contributed by atoms with Gasteiger partial charge in [-0.25, -0.2) is 9.97 Å². The molecule has 0 saturated heterocycles. The van der Waals surface area contributed by atoms with E-state index in [9.17, 15) is 0 Å². The van der Waals surface area contributed by atoms with Crippen molar-refractivity contribution in [3.05, 3.63) is 34.3 Å². The van der Waals surface area contributed by atoms with E-state index < -0.39 is 0 Å². The summed E-state index contributed by atoms with van der Waals surface area (Å²) in [5.41, 5.74) is 0.932. The van der Waals surface area contributed by atoms with Crippen LogP contribution in [0.15, 0.2) is 23.8 Å². The lowest BCUT2D eigenvalue weighted by molar-refractivity contribution is 0.294. The number of aromatic nitrogens is 2. The molecule has 0 fully saturated rings. The van der Waals surface area contributed by atoms with Gasteiger partial charge in [0.25, 0.3) is 0 Å². The summed E-state index contributed by atoms with van der Waals surface area (Å²) in [6, 6.07) is 4.05. The molecule has 0 aliphatic rings. The summed E-state index contributed by atoms with van der Waals surface area (Å²) < 4.78 is 5.64. The molecule has 0 saturated carbocycles. The third-order valence-corrected chi connectivity index (χ3v) is 3.06. The van der Waals surface area contributed by atoms with E-state index in [0.717, 1.165) is 11.4 Å². The number of anilines is 1. The van der Waals surface area contributed by atoms with Gasteiger partial charge in [0, 0.05) is 11.9 Å². The van der Waals surface area contributed by atoms with Crippen molar-refractivity contribution in [1.29, 1.82) is 0 Å². The van der Waals surface area contributed by atoms with Crippen molar-refractivity contribution >= 4 is 17.2 Å². The summed E-state index contributed by atoms with van der Waals surface area (Å²) in [5.74, 6) is 1.43. The van der Waals surface area contributed by atoms with Crippen LogP contribution in [-0.2, 0) is 6.61 Å². The fourth-order valence-electron chi connectivity index (χ4n) is 1.37. The number of nitrogens with zero attached hydrogens (tertiary/aromatic N) is 2. The van der Waals surface area contributed by atoms with Crippen molar-refractivity contribution in [2.45, 2.75) is 13.5 Å². The smallest absolute Gasteiger partial charge is 0.221 e. The lowest BCUT2D eigenvalue weighted by Crippen LogP contribution is -2.02. The summed E-state index contributed by atoms with van der Waals surface area (Å²) in [4.78, 5) is 9.40. The lowest BCUT2D eigenvalue weighted by Gasteiger charge is -2.09. The van der Waals surface area contributed by atoms with Crippen LogP contribution in [0.1, 0.15) is 10.4 Å². The van der Waals surface area contributed by atoms with E-state index in [4.69, 9.17) is 4.74 Å². The van der Waals surface area contributed by atoms with Crippen LogP contribution in [-0.4, -0.2) is 17.0 Å². The van der Waals surface area contributed by atoms with E-state index in [0.29, 0.717) is 12.5 Å². The molecule has 0 unspecified atom stereocenters. The molecule has 0 radical (unpaired) electrons. The lowest BCUT2D eigenvalue weighted by atomic mass is 10.3. The van der Waals surface area contributed by atoms with Crippen LogP contribution in [0.3, 0.4) is 0 Å². The number of hydrogen-bond acceptors (Lipinski definition) is 5. The fourth-order valence-corrected chi connectivity index (χ4v) is 1.98. The zero-order valence-electron chi connectivity index (χ0n) is 9.23. The minimum absolute atomic E-state index is 0.554. The molecule has 0 amide bonds. The van der Waals surface area contributed by atoms with Gasteiger partial charge in [-0.1, -0.05) is 6.07 Å².